The Labute approximate surface area is 163 Å². The van der Waals surface area contributed by atoms with Gasteiger partial charge in [0.2, 0.25) is 5.91 Å². The summed E-state index contributed by atoms with van der Waals surface area (Å²) in [5.74, 6) is -0.691. The molecule has 0 radical (unpaired) electrons. The van der Waals surface area contributed by atoms with Crippen LogP contribution in [-0.4, -0.2) is 35.7 Å². The number of carbonyl (C=O) groups is 3. The summed E-state index contributed by atoms with van der Waals surface area (Å²) in [6, 6.07) is 9.29. The van der Waals surface area contributed by atoms with Crippen LogP contribution in [0.3, 0.4) is 0 Å². The van der Waals surface area contributed by atoms with E-state index in [4.69, 9.17) is 9.15 Å². The van der Waals surface area contributed by atoms with Crippen molar-refractivity contribution in [3.05, 3.63) is 59.0 Å². The second kappa shape index (κ2) is 8.00. The van der Waals surface area contributed by atoms with E-state index in [1.807, 2.05) is 18.2 Å². The molecule has 6 nitrogen and oxygen atoms in total. The number of esters is 1. The maximum absolute atomic E-state index is 12.4. The molecule has 6 heteroatoms. The van der Waals surface area contributed by atoms with Gasteiger partial charge in [-0.3, -0.25) is 14.4 Å². The predicted octanol–water partition coefficient (Wildman–Crippen LogP) is 2.93. The smallest absolute Gasteiger partial charge is 0.311 e. The Hall–Kier alpha value is -2.89. The number of hydrogen-bond acceptors (Lipinski definition) is 5. The van der Waals surface area contributed by atoms with Crippen LogP contribution in [0, 0.1) is 5.92 Å². The van der Waals surface area contributed by atoms with Crippen LogP contribution in [-0.2, 0) is 33.7 Å². The molecule has 4 rings (SSSR count). The highest BCUT2D eigenvalue weighted by Gasteiger charge is 2.36. The molecule has 28 heavy (non-hydrogen) atoms. The Balaban J connectivity index is 1.30. The van der Waals surface area contributed by atoms with Gasteiger partial charge in [0.05, 0.1) is 18.7 Å². The first-order valence-corrected chi connectivity index (χ1v) is 9.72. The molecule has 0 unspecified atom stereocenters. The molecule has 2 aliphatic rings. The van der Waals surface area contributed by atoms with E-state index in [1.54, 1.807) is 23.3 Å². The van der Waals surface area contributed by atoms with Crippen molar-refractivity contribution in [1.29, 1.82) is 0 Å². The Kier molecular flexibility index (Phi) is 5.28. The van der Waals surface area contributed by atoms with Gasteiger partial charge in [-0.1, -0.05) is 12.1 Å². The van der Waals surface area contributed by atoms with Gasteiger partial charge in [-0.15, -0.1) is 0 Å². The fraction of sp³-hybridized carbons (Fsp3) is 0.409. The van der Waals surface area contributed by atoms with Crippen molar-refractivity contribution < 1.29 is 23.5 Å². The fourth-order valence-electron chi connectivity index (χ4n) is 3.92. The zero-order chi connectivity index (χ0) is 19.5. The van der Waals surface area contributed by atoms with E-state index < -0.39 is 11.9 Å². The first-order chi connectivity index (χ1) is 13.6. The lowest BCUT2D eigenvalue weighted by atomic mass is 9.90. The Morgan fingerprint density at radius 1 is 1.14 bits per heavy atom. The number of fused-ring (bicyclic) bond motifs is 1. The Morgan fingerprint density at radius 3 is 2.75 bits per heavy atom. The Bertz CT molecular complexity index is 886. The summed E-state index contributed by atoms with van der Waals surface area (Å²) in [7, 11) is 0. The zero-order valence-corrected chi connectivity index (χ0v) is 15.7. The monoisotopic (exact) mass is 381 g/mol. The zero-order valence-electron chi connectivity index (χ0n) is 15.7. The van der Waals surface area contributed by atoms with Gasteiger partial charge in [0.15, 0.2) is 12.4 Å². The van der Waals surface area contributed by atoms with Crippen molar-refractivity contribution in [3.8, 4) is 0 Å². The van der Waals surface area contributed by atoms with Gasteiger partial charge in [-0.05, 0) is 55.0 Å². The molecule has 0 N–H and O–H groups in total. The molecule has 1 aromatic carbocycles. The number of benzene rings is 1. The van der Waals surface area contributed by atoms with Crippen molar-refractivity contribution in [3.63, 3.8) is 0 Å². The van der Waals surface area contributed by atoms with E-state index in [2.05, 4.69) is 0 Å². The van der Waals surface area contributed by atoms with Crippen molar-refractivity contribution in [2.24, 2.45) is 5.92 Å². The predicted molar refractivity (Wildman–Crippen MR) is 101 cm³/mol. The maximum atomic E-state index is 12.4. The summed E-state index contributed by atoms with van der Waals surface area (Å²) in [4.78, 5) is 38.5. The number of nitrogens with zero attached hydrogens (tertiary/aromatic N) is 1. The van der Waals surface area contributed by atoms with E-state index in [0.29, 0.717) is 17.9 Å². The number of hydrogen-bond donors (Lipinski definition) is 0. The van der Waals surface area contributed by atoms with E-state index in [9.17, 15) is 14.4 Å². The molecule has 0 saturated carbocycles. The first kappa shape index (κ1) is 18.5. The third kappa shape index (κ3) is 4.01. The molecular formula is C22H23NO5. The molecule has 0 bridgehead atoms. The molecule has 1 atom stereocenters. The van der Waals surface area contributed by atoms with Crippen LogP contribution in [0.5, 0.6) is 0 Å². The molecule has 1 aliphatic heterocycles. The molecule has 1 amide bonds. The third-order valence-corrected chi connectivity index (χ3v) is 5.49. The number of rotatable bonds is 6. The van der Waals surface area contributed by atoms with Gasteiger partial charge in [0.25, 0.3) is 0 Å². The van der Waals surface area contributed by atoms with Crippen LogP contribution < -0.4 is 0 Å². The van der Waals surface area contributed by atoms with E-state index in [-0.39, 0.29) is 31.3 Å². The number of furan rings is 1. The third-order valence-electron chi connectivity index (χ3n) is 5.49. The van der Waals surface area contributed by atoms with Gasteiger partial charge in [-0.25, -0.2) is 0 Å². The lowest BCUT2D eigenvalue weighted by molar-refractivity contribution is -0.147. The maximum Gasteiger partial charge on any atom is 0.311 e. The van der Waals surface area contributed by atoms with Crippen LogP contribution in [0.15, 0.2) is 41.0 Å². The molecule has 1 aromatic heterocycles. The van der Waals surface area contributed by atoms with E-state index >= 15 is 0 Å². The summed E-state index contributed by atoms with van der Waals surface area (Å²) in [5.41, 5.74) is 3.11. The molecule has 2 aromatic rings. The quantitative estimate of drug-likeness (QED) is 0.568. The summed E-state index contributed by atoms with van der Waals surface area (Å²) in [6.45, 7) is 0.329. The normalized spacial score (nSPS) is 18.8. The molecule has 0 spiro atoms. The van der Waals surface area contributed by atoms with E-state index in [1.165, 1.54) is 17.5 Å². The van der Waals surface area contributed by atoms with Crippen molar-refractivity contribution in [1.82, 2.24) is 4.90 Å². The summed E-state index contributed by atoms with van der Waals surface area (Å²) < 4.78 is 10.5. The van der Waals surface area contributed by atoms with Gasteiger partial charge in [0.1, 0.15) is 5.76 Å². The SMILES string of the molecule is O=C(COC(=O)[C@@H]1CC(=O)N(Cc2ccco2)C1)c1ccc2c(c1)CCCC2. The topological polar surface area (TPSA) is 76.8 Å². The summed E-state index contributed by atoms with van der Waals surface area (Å²) >= 11 is 0. The van der Waals surface area contributed by atoms with Crippen molar-refractivity contribution >= 4 is 17.7 Å². The van der Waals surface area contributed by atoms with Crippen molar-refractivity contribution in [2.45, 2.75) is 38.6 Å². The largest absolute Gasteiger partial charge is 0.467 e. The van der Waals surface area contributed by atoms with Gasteiger partial charge >= 0.3 is 5.97 Å². The lowest BCUT2D eigenvalue weighted by Crippen LogP contribution is -2.27. The molecule has 1 aliphatic carbocycles. The highest BCUT2D eigenvalue weighted by molar-refractivity contribution is 5.98. The van der Waals surface area contributed by atoms with Gasteiger partial charge < -0.3 is 14.1 Å². The molecule has 2 heterocycles. The molecule has 1 fully saturated rings. The standard InChI is InChI=1S/C22H23NO5/c24-20(17-8-7-15-4-1-2-5-16(15)10-17)14-28-22(26)18-11-21(25)23(12-18)13-19-6-3-9-27-19/h3,6-10,18H,1-2,4-5,11-14H2/t18-/m1/s1. The van der Waals surface area contributed by atoms with Crippen LogP contribution in [0.4, 0.5) is 0 Å². The Morgan fingerprint density at radius 2 is 1.96 bits per heavy atom. The fourth-order valence-corrected chi connectivity index (χ4v) is 3.92. The number of aryl methyl sites for hydroxylation is 2. The highest BCUT2D eigenvalue weighted by Crippen LogP contribution is 2.23. The summed E-state index contributed by atoms with van der Waals surface area (Å²) in [6.07, 6.45) is 6.04. The number of Topliss-reactive ketones (excluding diaryl/α,β-unsaturated/α-hetero) is 1. The van der Waals surface area contributed by atoms with E-state index in [0.717, 1.165) is 19.3 Å². The molecule has 146 valence electrons. The summed E-state index contributed by atoms with van der Waals surface area (Å²) in [5, 5.41) is 0. The molecule has 1 saturated heterocycles. The number of likely N-dealkylation sites (tertiary alicyclic amines) is 1. The minimum absolute atomic E-state index is 0.104. The van der Waals surface area contributed by atoms with Crippen LogP contribution in [0.1, 0.15) is 46.5 Å². The minimum atomic E-state index is -0.543. The lowest BCUT2D eigenvalue weighted by Gasteiger charge is -2.16. The second-order valence-electron chi connectivity index (χ2n) is 7.48. The first-order valence-electron chi connectivity index (χ1n) is 9.72. The van der Waals surface area contributed by atoms with Crippen LogP contribution in [0.25, 0.3) is 0 Å². The molecular weight excluding hydrogens is 358 g/mol. The number of ether oxygens (including phenoxy) is 1. The number of amides is 1. The highest BCUT2D eigenvalue weighted by atomic mass is 16.5. The van der Waals surface area contributed by atoms with Gasteiger partial charge in [0, 0.05) is 18.5 Å². The second-order valence-corrected chi connectivity index (χ2v) is 7.48. The number of ketones is 1. The average Bonchev–Trinajstić information content (AvgIpc) is 3.36. The van der Waals surface area contributed by atoms with Crippen LogP contribution >= 0.6 is 0 Å². The minimum Gasteiger partial charge on any atom is -0.467 e. The van der Waals surface area contributed by atoms with Crippen molar-refractivity contribution in [2.75, 3.05) is 13.2 Å². The van der Waals surface area contributed by atoms with Crippen LogP contribution in [0.2, 0.25) is 0 Å². The average molecular weight is 381 g/mol. The van der Waals surface area contributed by atoms with Gasteiger partial charge in [-0.2, -0.15) is 0 Å². The number of carbonyl (C=O) groups excluding carboxylic acids is 3.